The lowest BCUT2D eigenvalue weighted by Crippen LogP contribution is -2.51. The summed E-state index contributed by atoms with van der Waals surface area (Å²) in [5.74, 6) is 0.0883. The molecule has 0 radical (unpaired) electrons. The molecule has 4 heteroatoms. The lowest BCUT2D eigenvalue weighted by Gasteiger charge is -2.44. The van der Waals surface area contributed by atoms with Crippen LogP contribution in [-0.2, 0) is 9.53 Å². The van der Waals surface area contributed by atoms with E-state index in [1.807, 2.05) is 0 Å². The van der Waals surface area contributed by atoms with Gasteiger partial charge in [-0.3, -0.25) is 4.79 Å². The van der Waals surface area contributed by atoms with Gasteiger partial charge in [0.25, 0.3) is 0 Å². The molecule has 0 aliphatic rings. The van der Waals surface area contributed by atoms with E-state index in [4.69, 9.17) is 4.74 Å². The van der Waals surface area contributed by atoms with Crippen LogP contribution in [0.2, 0.25) is 16.6 Å². The molecule has 1 heterocycles. The summed E-state index contributed by atoms with van der Waals surface area (Å²) >= 11 is 0. The topological polar surface area (TPSA) is 31.2 Å². The Morgan fingerprint density at radius 1 is 0.964 bits per heavy atom. The molecule has 156 valence electrons. The molecular weight excluding hydrogens is 362 g/mol. The maximum Gasteiger partial charge on any atom is 0.313 e. The van der Waals surface area contributed by atoms with Crippen molar-refractivity contribution < 1.29 is 9.53 Å². The first-order valence-corrected chi connectivity index (χ1v) is 12.9. The number of hydrogen-bond acceptors (Lipinski definition) is 2. The average Bonchev–Trinajstić information content (AvgIpc) is 2.98. The monoisotopic (exact) mass is 401 g/mol. The van der Waals surface area contributed by atoms with E-state index >= 15 is 0 Å². The summed E-state index contributed by atoms with van der Waals surface area (Å²) < 4.78 is 7.84. The molecule has 0 aliphatic carbocycles. The molecule has 0 bridgehead atoms. The van der Waals surface area contributed by atoms with Crippen LogP contribution in [-0.4, -0.2) is 25.5 Å². The van der Waals surface area contributed by atoms with Crippen molar-refractivity contribution in [2.24, 2.45) is 5.92 Å². The van der Waals surface area contributed by atoms with Crippen molar-refractivity contribution >= 4 is 25.1 Å². The summed E-state index contributed by atoms with van der Waals surface area (Å²) in [6.45, 7) is 18.6. The Bertz CT molecular complexity index is 782. The second-order valence-electron chi connectivity index (χ2n) is 9.53. The third-order valence-corrected chi connectivity index (χ3v) is 13.3. The van der Waals surface area contributed by atoms with E-state index in [2.05, 4.69) is 90.1 Å². The fourth-order valence-electron chi connectivity index (χ4n) is 5.60. The molecule has 2 rings (SSSR count). The van der Waals surface area contributed by atoms with E-state index in [1.54, 1.807) is 0 Å². The van der Waals surface area contributed by atoms with Crippen LogP contribution >= 0.6 is 0 Å². The summed E-state index contributed by atoms with van der Waals surface area (Å²) in [6.07, 6.45) is 3.13. The maximum absolute atomic E-state index is 12.7. The largest absolute Gasteiger partial charge is 0.469 e. The number of methoxy groups -OCH3 is 1. The quantitative estimate of drug-likeness (QED) is 0.353. The lowest BCUT2D eigenvalue weighted by molar-refractivity contribution is -0.142. The third kappa shape index (κ3) is 3.80. The van der Waals surface area contributed by atoms with Crippen LogP contribution in [0.25, 0.3) is 10.9 Å². The number of aromatic nitrogens is 1. The number of hydrogen-bond donors (Lipinski definition) is 0. The molecule has 0 aliphatic heterocycles. The van der Waals surface area contributed by atoms with E-state index in [-0.39, 0.29) is 11.9 Å². The summed E-state index contributed by atoms with van der Waals surface area (Å²) in [5, 5.41) is 1.21. The highest BCUT2D eigenvalue weighted by Gasteiger charge is 2.46. The predicted octanol–water partition coefficient (Wildman–Crippen LogP) is 6.97. The molecule has 0 N–H and O–H groups in total. The maximum atomic E-state index is 12.7. The summed E-state index contributed by atoms with van der Waals surface area (Å²) in [7, 11) is -0.409. The van der Waals surface area contributed by atoms with E-state index < -0.39 is 8.24 Å². The number of benzene rings is 1. The fraction of sp³-hybridized carbons (Fsp3) is 0.625. The molecule has 1 atom stereocenters. The number of nitrogens with zero attached hydrogens (tertiary/aromatic N) is 1. The minimum absolute atomic E-state index is 0.123. The zero-order chi connectivity index (χ0) is 21.2. The Morgan fingerprint density at radius 3 is 1.96 bits per heavy atom. The smallest absolute Gasteiger partial charge is 0.313 e. The van der Waals surface area contributed by atoms with Gasteiger partial charge >= 0.3 is 5.97 Å². The molecule has 0 saturated heterocycles. The van der Waals surface area contributed by atoms with E-state index in [1.165, 1.54) is 18.0 Å². The van der Waals surface area contributed by atoms with Gasteiger partial charge in [-0.25, -0.2) is 0 Å². The number of ether oxygens (including phenoxy) is 1. The number of carbonyl (C=O) groups is 1. The van der Waals surface area contributed by atoms with Crippen molar-refractivity contribution in [3.63, 3.8) is 0 Å². The van der Waals surface area contributed by atoms with Crippen molar-refractivity contribution in [1.29, 1.82) is 0 Å². The molecule has 2 aromatic rings. The standard InChI is InChI=1S/C24H39NO2Si/c1-16(2)14-21(24(26)27-9)22-15-25(23-13-11-10-12-20(22)23)28(17(3)4,18(5)6)19(7)8/h10-13,15-19,21H,14H2,1-9H3. The average molecular weight is 402 g/mol. The Labute approximate surface area is 172 Å². The Morgan fingerprint density at radius 2 is 1.50 bits per heavy atom. The van der Waals surface area contributed by atoms with Gasteiger partial charge in [-0.2, -0.15) is 0 Å². The lowest BCUT2D eigenvalue weighted by atomic mass is 9.90. The van der Waals surface area contributed by atoms with Gasteiger partial charge in [0.05, 0.1) is 13.0 Å². The van der Waals surface area contributed by atoms with Crippen LogP contribution < -0.4 is 0 Å². The van der Waals surface area contributed by atoms with Crippen LogP contribution in [0.15, 0.2) is 30.5 Å². The number of fused-ring (bicyclic) bond motifs is 1. The van der Waals surface area contributed by atoms with E-state index in [0.29, 0.717) is 22.5 Å². The molecule has 1 unspecified atom stereocenters. The molecule has 3 nitrogen and oxygen atoms in total. The normalized spacial score (nSPS) is 13.9. The molecule has 1 aromatic heterocycles. The first-order valence-electron chi connectivity index (χ1n) is 10.8. The van der Waals surface area contributed by atoms with E-state index in [9.17, 15) is 4.79 Å². The molecule has 0 saturated carbocycles. The van der Waals surface area contributed by atoms with Crippen LogP contribution in [0.3, 0.4) is 0 Å². The van der Waals surface area contributed by atoms with Gasteiger partial charge in [0.1, 0.15) is 0 Å². The van der Waals surface area contributed by atoms with Gasteiger partial charge in [-0.15, -0.1) is 0 Å². The van der Waals surface area contributed by atoms with E-state index in [0.717, 1.165) is 12.0 Å². The van der Waals surface area contributed by atoms with Gasteiger partial charge in [-0.1, -0.05) is 73.6 Å². The highest BCUT2D eigenvalue weighted by atomic mass is 28.3. The van der Waals surface area contributed by atoms with Crippen LogP contribution in [0.1, 0.15) is 73.3 Å². The van der Waals surface area contributed by atoms with Crippen LogP contribution in [0, 0.1) is 5.92 Å². The van der Waals surface area contributed by atoms with Crippen LogP contribution in [0.4, 0.5) is 0 Å². The Balaban J connectivity index is 2.85. The zero-order valence-electron chi connectivity index (χ0n) is 19.2. The molecule has 28 heavy (non-hydrogen) atoms. The minimum Gasteiger partial charge on any atom is -0.469 e. The minimum atomic E-state index is -1.91. The highest BCUT2D eigenvalue weighted by Crippen LogP contribution is 2.46. The van der Waals surface area contributed by atoms with Gasteiger partial charge in [-0.05, 0) is 40.6 Å². The van der Waals surface area contributed by atoms with Crippen molar-refractivity contribution in [2.75, 3.05) is 7.11 Å². The Hall–Kier alpha value is -1.55. The number of rotatable bonds is 8. The van der Waals surface area contributed by atoms with Crippen LogP contribution in [0.5, 0.6) is 0 Å². The first kappa shape index (κ1) is 22.7. The first-order chi connectivity index (χ1) is 13.1. The SMILES string of the molecule is COC(=O)C(CC(C)C)c1cn([Si](C(C)C)(C(C)C)C(C)C)c2ccccc12. The van der Waals surface area contributed by atoms with Crippen molar-refractivity contribution in [3.8, 4) is 0 Å². The summed E-state index contributed by atoms with van der Waals surface area (Å²) in [6, 6.07) is 8.62. The van der Waals surface area contributed by atoms with Gasteiger partial charge in [0.2, 0.25) is 0 Å². The number of para-hydroxylation sites is 1. The molecule has 0 amide bonds. The predicted molar refractivity (Wildman–Crippen MR) is 123 cm³/mol. The Kier molecular flexibility index (Phi) is 7.19. The molecule has 0 spiro atoms. The van der Waals surface area contributed by atoms with Gasteiger partial charge in [0, 0.05) is 17.1 Å². The molecule has 0 fully saturated rings. The second-order valence-corrected chi connectivity index (χ2v) is 15.2. The number of carbonyl (C=O) groups excluding carboxylic acids is 1. The van der Waals surface area contributed by atoms with Crippen molar-refractivity contribution in [1.82, 2.24) is 4.23 Å². The fourth-order valence-corrected chi connectivity index (χ4v) is 12.2. The van der Waals surface area contributed by atoms with Crippen molar-refractivity contribution in [2.45, 2.75) is 84.4 Å². The molecule has 1 aromatic carbocycles. The van der Waals surface area contributed by atoms with Crippen molar-refractivity contribution in [3.05, 3.63) is 36.0 Å². The van der Waals surface area contributed by atoms with Gasteiger partial charge < -0.3 is 8.97 Å². The zero-order valence-corrected chi connectivity index (χ0v) is 20.2. The van der Waals surface area contributed by atoms with Gasteiger partial charge in [0.15, 0.2) is 8.24 Å². The second kappa shape index (κ2) is 8.85. The third-order valence-electron chi connectivity index (χ3n) is 6.50. The highest BCUT2D eigenvalue weighted by molar-refractivity contribution is 6.82. The molecular formula is C24H39NO2Si. The number of esters is 1. The summed E-state index contributed by atoms with van der Waals surface area (Å²) in [5.41, 5.74) is 4.20. The summed E-state index contributed by atoms with van der Waals surface area (Å²) in [4.78, 5) is 12.7.